The van der Waals surface area contributed by atoms with Gasteiger partial charge in [0.1, 0.15) is 18.4 Å². The van der Waals surface area contributed by atoms with Gasteiger partial charge in [0, 0.05) is 6.92 Å². The van der Waals surface area contributed by atoms with Crippen molar-refractivity contribution in [3.8, 4) is 0 Å². The van der Waals surface area contributed by atoms with Crippen molar-refractivity contribution in [2.45, 2.75) is 25.8 Å². The van der Waals surface area contributed by atoms with Gasteiger partial charge in [0.2, 0.25) is 0 Å². The quantitative estimate of drug-likeness (QED) is 0.640. The van der Waals surface area contributed by atoms with E-state index in [1.807, 2.05) is 30.9 Å². The maximum absolute atomic E-state index is 12.0. The first-order valence-corrected chi connectivity index (χ1v) is 5.01. The summed E-state index contributed by atoms with van der Waals surface area (Å²) in [4.78, 5) is 12.0. The molecule has 0 aromatic carbocycles. The summed E-state index contributed by atoms with van der Waals surface area (Å²) >= 11 is 0. The Morgan fingerprint density at radius 1 is 1.71 bits per heavy atom. The first kappa shape index (κ1) is 9.40. The number of hydrogen-bond donors (Lipinski definition) is 1. The summed E-state index contributed by atoms with van der Waals surface area (Å²) in [6, 6.07) is 0.0149. The maximum atomic E-state index is 12.0. The van der Waals surface area contributed by atoms with Crippen LogP contribution in [0.2, 0.25) is 0 Å². The average molecular weight is 194 g/mol. The van der Waals surface area contributed by atoms with Gasteiger partial charge < -0.3 is 5.32 Å². The molecule has 1 aromatic heterocycles. The van der Waals surface area contributed by atoms with E-state index in [9.17, 15) is 4.79 Å². The molecular weight excluding hydrogens is 178 g/mol. The number of hydrogen-bond acceptors (Lipinski definition) is 2. The molecule has 1 aromatic rings. The molecule has 0 amide bonds. The van der Waals surface area contributed by atoms with Crippen molar-refractivity contribution in [2.75, 3.05) is 6.54 Å². The van der Waals surface area contributed by atoms with Crippen LogP contribution < -0.4 is 9.88 Å². The molecule has 2 rings (SSSR count). The second-order valence-corrected chi connectivity index (χ2v) is 3.81. The van der Waals surface area contributed by atoms with Crippen molar-refractivity contribution >= 4 is 5.91 Å². The molecule has 1 saturated heterocycles. The van der Waals surface area contributed by atoms with Crippen LogP contribution in [0.25, 0.3) is 0 Å². The molecule has 2 heterocycles. The fourth-order valence-electron chi connectivity index (χ4n) is 1.85. The van der Waals surface area contributed by atoms with Gasteiger partial charge in [-0.2, -0.15) is 4.57 Å². The van der Waals surface area contributed by atoms with Gasteiger partial charge in [-0.05, 0) is 19.4 Å². The highest BCUT2D eigenvalue weighted by Gasteiger charge is 2.28. The van der Waals surface area contributed by atoms with Crippen LogP contribution in [0, 0.1) is 6.92 Å². The standard InChI is InChI=1S/C10H16N3O/c1-8-12(2)6-7-13(8)10(14)9-4-3-5-11-9/h6-7,9,11H,3-5H2,1-2H3/q+1/t9-/m0/s1. The molecule has 4 nitrogen and oxygen atoms in total. The zero-order valence-electron chi connectivity index (χ0n) is 8.66. The topological polar surface area (TPSA) is 37.9 Å². The molecule has 0 bridgehead atoms. The number of imidazole rings is 1. The first-order valence-electron chi connectivity index (χ1n) is 5.01. The van der Waals surface area contributed by atoms with Crippen LogP contribution in [0.5, 0.6) is 0 Å². The number of aryl methyl sites for hydroxylation is 1. The molecule has 14 heavy (non-hydrogen) atoms. The molecule has 0 aliphatic carbocycles. The Morgan fingerprint density at radius 2 is 2.50 bits per heavy atom. The van der Waals surface area contributed by atoms with E-state index >= 15 is 0 Å². The highest BCUT2D eigenvalue weighted by Crippen LogP contribution is 2.08. The van der Waals surface area contributed by atoms with Crippen molar-refractivity contribution in [1.82, 2.24) is 9.88 Å². The van der Waals surface area contributed by atoms with Crippen LogP contribution in [0.3, 0.4) is 0 Å². The van der Waals surface area contributed by atoms with Crippen LogP contribution in [0.4, 0.5) is 0 Å². The van der Waals surface area contributed by atoms with Gasteiger partial charge in [-0.25, -0.2) is 9.36 Å². The summed E-state index contributed by atoms with van der Waals surface area (Å²) in [6.45, 7) is 2.91. The van der Waals surface area contributed by atoms with Crippen molar-refractivity contribution in [1.29, 1.82) is 0 Å². The van der Waals surface area contributed by atoms with Gasteiger partial charge in [0.25, 0.3) is 5.82 Å². The van der Waals surface area contributed by atoms with E-state index in [4.69, 9.17) is 0 Å². The molecule has 0 spiro atoms. The summed E-state index contributed by atoms with van der Waals surface area (Å²) in [7, 11) is 1.95. The van der Waals surface area contributed by atoms with Gasteiger partial charge in [-0.15, -0.1) is 0 Å². The molecule has 4 heteroatoms. The lowest BCUT2D eigenvalue weighted by Crippen LogP contribution is -2.37. The number of aromatic nitrogens is 2. The second kappa shape index (κ2) is 3.53. The SMILES string of the molecule is Cc1n(C(=O)[C@@H]2CCCN2)cc[n+]1C. The predicted octanol–water partition coefficient (Wildman–Crippen LogP) is 0.0132. The van der Waals surface area contributed by atoms with Gasteiger partial charge in [0.15, 0.2) is 0 Å². The zero-order valence-corrected chi connectivity index (χ0v) is 8.66. The summed E-state index contributed by atoms with van der Waals surface area (Å²) in [5.41, 5.74) is 0. The molecule has 1 aliphatic heterocycles. The Kier molecular flexibility index (Phi) is 2.37. The van der Waals surface area contributed by atoms with Gasteiger partial charge in [-0.3, -0.25) is 0 Å². The molecule has 0 saturated carbocycles. The number of nitrogens with zero attached hydrogens (tertiary/aromatic N) is 2. The summed E-state index contributed by atoms with van der Waals surface area (Å²) < 4.78 is 3.68. The lowest BCUT2D eigenvalue weighted by molar-refractivity contribution is -0.676. The molecular formula is C10H16N3O+. The first-order chi connectivity index (χ1) is 6.70. The lowest BCUT2D eigenvalue weighted by Gasteiger charge is -2.05. The van der Waals surface area contributed by atoms with Crippen molar-refractivity contribution in [2.24, 2.45) is 7.05 Å². The number of nitrogens with one attached hydrogen (secondary N) is 1. The fourth-order valence-corrected chi connectivity index (χ4v) is 1.85. The van der Waals surface area contributed by atoms with E-state index in [1.165, 1.54) is 0 Å². The minimum absolute atomic E-state index is 0.0149. The minimum Gasteiger partial charge on any atom is -0.304 e. The Labute approximate surface area is 83.5 Å². The number of carbonyl (C=O) groups excluding carboxylic acids is 1. The van der Waals surface area contributed by atoms with Gasteiger partial charge in [0.05, 0.1) is 7.05 Å². The van der Waals surface area contributed by atoms with Crippen LogP contribution >= 0.6 is 0 Å². The van der Waals surface area contributed by atoms with E-state index < -0.39 is 0 Å². The number of carbonyl (C=O) groups is 1. The molecule has 1 aliphatic rings. The highest BCUT2D eigenvalue weighted by molar-refractivity contribution is 5.84. The predicted molar refractivity (Wildman–Crippen MR) is 52.0 cm³/mol. The van der Waals surface area contributed by atoms with E-state index in [1.54, 1.807) is 4.57 Å². The molecule has 1 fully saturated rings. The van der Waals surface area contributed by atoms with Gasteiger partial charge >= 0.3 is 5.91 Å². The minimum atomic E-state index is 0.0149. The third kappa shape index (κ3) is 1.46. The smallest absolute Gasteiger partial charge is 0.304 e. The van der Waals surface area contributed by atoms with Crippen LogP contribution in [-0.4, -0.2) is 23.1 Å². The number of rotatable bonds is 1. The average Bonchev–Trinajstić information content (AvgIpc) is 2.77. The zero-order chi connectivity index (χ0) is 10.1. The molecule has 0 radical (unpaired) electrons. The third-order valence-corrected chi connectivity index (χ3v) is 2.89. The molecule has 76 valence electrons. The van der Waals surface area contributed by atoms with E-state index in [-0.39, 0.29) is 11.9 Å². The largest absolute Gasteiger partial charge is 0.331 e. The van der Waals surface area contributed by atoms with Crippen LogP contribution in [0.15, 0.2) is 12.4 Å². The van der Waals surface area contributed by atoms with Crippen LogP contribution in [0.1, 0.15) is 23.5 Å². The maximum Gasteiger partial charge on any atom is 0.331 e. The van der Waals surface area contributed by atoms with Gasteiger partial charge in [-0.1, -0.05) is 0 Å². The normalized spacial score (nSPS) is 21.4. The summed E-state index contributed by atoms with van der Waals surface area (Å²) in [5.74, 6) is 1.14. The van der Waals surface area contributed by atoms with E-state index in [0.29, 0.717) is 0 Å². The van der Waals surface area contributed by atoms with Crippen LogP contribution in [-0.2, 0) is 7.05 Å². The van der Waals surface area contributed by atoms with E-state index in [0.717, 1.165) is 25.2 Å². The van der Waals surface area contributed by atoms with E-state index in [2.05, 4.69) is 5.32 Å². The molecule has 1 atom stereocenters. The van der Waals surface area contributed by atoms with Crippen molar-refractivity contribution in [3.05, 3.63) is 18.2 Å². The Balaban J connectivity index is 2.22. The van der Waals surface area contributed by atoms with Crippen molar-refractivity contribution < 1.29 is 9.36 Å². The Bertz CT molecular complexity index is 350. The monoisotopic (exact) mass is 194 g/mol. The second-order valence-electron chi connectivity index (χ2n) is 3.81. The fraction of sp³-hybridized carbons (Fsp3) is 0.600. The highest BCUT2D eigenvalue weighted by atomic mass is 16.2. The summed E-state index contributed by atoms with van der Waals surface area (Å²) in [5, 5.41) is 3.21. The third-order valence-electron chi connectivity index (χ3n) is 2.89. The lowest BCUT2D eigenvalue weighted by atomic mass is 10.2. The Hall–Kier alpha value is -1.16. The Morgan fingerprint density at radius 3 is 3.00 bits per heavy atom. The molecule has 0 unspecified atom stereocenters. The summed E-state index contributed by atoms with van der Waals surface area (Å²) in [6.07, 6.45) is 5.79. The molecule has 1 N–H and O–H groups in total. The van der Waals surface area contributed by atoms with Crippen molar-refractivity contribution in [3.63, 3.8) is 0 Å².